The van der Waals surface area contributed by atoms with Gasteiger partial charge in [0.05, 0.1) is 18.1 Å². The molecule has 9 nitrogen and oxygen atoms in total. The Labute approximate surface area is 176 Å². The van der Waals surface area contributed by atoms with E-state index in [4.69, 9.17) is 22.3 Å². The zero-order chi connectivity index (χ0) is 22.0. The standard InChI is InChI=1S/C18H21ClF2N6O3/c19-14-6-7-16(24-11-18(20,21)13-4-2-1-3-5-13)27(29)15(14)10-17(28)23-8-9-30-26-12-25-22/h1-7,12,24H,8-11,22H2,(H,23,28)(H,25,26). The lowest BCUT2D eigenvalue weighted by molar-refractivity contribution is -0.598. The molecule has 162 valence electrons. The zero-order valence-corrected chi connectivity index (χ0v) is 16.5. The van der Waals surface area contributed by atoms with Crippen LogP contribution in [0.2, 0.25) is 5.02 Å². The maximum Gasteiger partial charge on any atom is 0.309 e. The monoisotopic (exact) mass is 442 g/mol. The first-order chi connectivity index (χ1) is 14.3. The number of nitrogens with one attached hydrogen (secondary N) is 3. The first-order valence-electron chi connectivity index (χ1n) is 8.79. The summed E-state index contributed by atoms with van der Waals surface area (Å²) in [5.74, 6) is 1.02. The lowest BCUT2D eigenvalue weighted by Crippen LogP contribution is -2.41. The maximum atomic E-state index is 14.3. The second-order valence-electron chi connectivity index (χ2n) is 6.00. The van der Waals surface area contributed by atoms with Gasteiger partial charge in [-0.3, -0.25) is 20.4 Å². The van der Waals surface area contributed by atoms with E-state index in [2.05, 4.69) is 21.2 Å². The number of hydrogen-bond donors (Lipinski definition) is 4. The van der Waals surface area contributed by atoms with Crippen LogP contribution in [-0.4, -0.2) is 31.9 Å². The molecule has 30 heavy (non-hydrogen) atoms. The van der Waals surface area contributed by atoms with Crippen LogP contribution in [0.15, 0.2) is 47.6 Å². The molecule has 0 spiro atoms. The maximum absolute atomic E-state index is 14.3. The van der Waals surface area contributed by atoms with E-state index in [9.17, 15) is 18.8 Å². The molecule has 0 saturated carbocycles. The highest BCUT2D eigenvalue weighted by molar-refractivity contribution is 6.31. The third-order valence-electron chi connectivity index (χ3n) is 3.88. The molecule has 0 bridgehead atoms. The fourth-order valence-corrected chi connectivity index (χ4v) is 2.62. The fourth-order valence-electron chi connectivity index (χ4n) is 2.41. The van der Waals surface area contributed by atoms with Crippen molar-refractivity contribution in [2.24, 2.45) is 10.9 Å². The predicted molar refractivity (Wildman–Crippen MR) is 108 cm³/mol. The molecule has 0 aliphatic rings. The molecule has 0 saturated heterocycles. The Bertz CT molecular complexity index is 871. The summed E-state index contributed by atoms with van der Waals surface area (Å²) in [5, 5.41) is 20.6. The Morgan fingerprint density at radius 3 is 2.73 bits per heavy atom. The molecule has 2 aromatic rings. The van der Waals surface area contributed by atoms with Gasteiger partial charge < -0.3 is 16.4 Å². The minimum atomic E-state index is -3.20. The van der Waals surface area contributed by atoms with Gasteiger partial charge in [-0.2, -0.15) is 13.9 Å². The number of pyridine rings is 1. The van der Waals surface area contributed by atoms with Gasteiger partial charge in [0, 0.05) is 18.2 Å². The summed E-state index contributed by atoms with van der Waals surface area (Å²) >= 11 is 6.01. The second kappa shape index (κ2) is 11.1. The van der Waals surface area contributed by atoms with Gasteiger partial charge in [-0.05, 0) is 6.07 Å². The van der Waals surface area contributed by atoms with E-state index in [0.29, 0.717) is 4.73 Å². The van der Waals surface area contributed by atoms with E-state index >= 15 is 0 Å². The molecular formula is C18H21ClF2N6O3. The molecular weight excluding hydrogens is 422 g/mol. The zero-order valence-electron chi connectivity index (χ0n) is 15.8. The number of aromatic nitrogens is 1. The third kappa shape index (κ3) is 6.71. The smallest absolute Gasteiger partial charge is 0.309 e. The van der Waals surface area contributed by atoms with E-state index < -0.39 is 18.4 Å². The molecule has 1 amide bonds. The minimum absolute atomic E-state index is 0.0394. The predicted octanol–water partition coefficient (Wildman–Crippen LogP) is 1.26. The highest BCUT2D eigenvalue weighted by atomic mass is 35.5. The summed E-state index contributed by atoms with van der Waals surface area (Å²) in [5.41, 5.74) is 2.05. The summed E-state index contributed by atoms with van der Waals surface area (Å²) < 4.78 is 29.0. The van der Waals surface area contributed by atoms with E-state index in [-0.39, 0.29) is 41.7 Å². The van der Waals surface area contributed by atoms with Crippen LogP contribution in [-0.2, 0) is 22.0 Å². The highest BCUT2D eigenvalue weighted by Gasteiger charge is 2.34. The van der Waals surface area contributed by atoms with Crippen molar-refractivity contribution in [2.75, 3.05) is 25.0 Å². The van der Waals surface area contributed by atoms with Crippen LogP contribution in [0.3, 0.4) is 0 Å². The van der Waals surface area contributed by atoms with Crippen LogP contribution < -0.4 is 26.7 Å². The Kier molecular flexibility index (Phi) is 8.56. The van der Waals surface area contributed by atoms with Crippen LogP contribution in [0.25, 0.3) is 0 Å². The fraction of sp³-hybridized carbons (Fsp3) is 0.278. The third-order valence-corrected chi connectivity index (χ3v) is 4.22. The number of hydrogen-bond acceptors (Lipinski definition) is 6. The average molecular weight is 443 g/mol. The lowest BCUT2D eigenvalue weighted by atomic mass is 10.1. The van der Waals surface area contributed by atoms with Crippen LogP contribution in [0, 0.1) is 5.21 Å². The SMILES string of the molecule is NN=CNOCCNC(=O)Cc1c(Cl)ccc(NCC(F)(F)c2ccccc2)[n+]1[O-]. The number of halogens is 3. The average Bonchev–Trinajstić information content (AvgIpc) is 2.73. The van der Waals surface area contributed by atoms with Gasteiger partial charge in [0.2, 0.25) is 5.91 Å². The van der Waals surface area contributed by atoms with Crippen molar-refractivity contribution in [2.45, 2.75) is 12.3 Å². The Balaban J connectivity index is 1.97. The number of benzene rings is 1. The first-order valence-corrected chi connectivity index (χ1v) is 9.17. The van der Waals surface area contributed by atoms with Crippen molar-refractivity contribution < 1.29 is 23.1 Å². The summed E-state index contributed by atoms with van der Waals surface area (Å²) in [7, 11) is 0. The molecule has 0 aliphatic heterocycles. The summed E-state index contributed by atoms with van der Waals surface area (Å²) in [4.78, 5) is 16.9. The first kappa shape index (κ1) is 23.1. The largest absolute Gasteiger partial charge is 0.710 e. The molecule has 0 fully saturated rings. The van der Waals surface area contributed by atoms with E-state index in [1.165, 1.54) is 36.4 Å². The molecule has 1 aromatic heterocycles. The number of carbonyl (C=O) groups excluding carboxylic acids is 1. The second-order valence-corrected chi connectivity index (χ2v) is 6.41. The number of carbonyl (C=O) groups is 1. The summed E-state index contributed by atoms with van der Waals surface area (Å²) in [6.45, 7) is -0.552. The molecule has 2 rings (SSSR count). The number of anilines is 1. The molecule has 1 heterocycles. The Hall–Kier alpha value is -3.18. The number of nitrogens with zero attached hydrogens (tertiary/aromatic N) is 2. The molecule has 12 heteroatoms. The lowest BCUT2D eigenvalue weighted by Gasteiger charge is -2.18. The van der Waals surface area contributed by atoms with Gasteiger partial charge in [0.15, 0.2) is 6.54 Å². The molecule has 1 aromatic carbocycles. The van der Waals surface area contributed by atoms with E-state index in [1.54, 1.807) is 6.07 Å². The minimum Gasteiger partial charge on any atom is -0.710 e. The van der Waals surface area contributed by atoms with Crippen molar-refractivity contribution in [3.8, 4) is 0 Å². The molecule has 0 radical (unpaired) electrons. The van der Waals surface area contributed by atoms with Gasteiger partial charge in [-0.15, -0.1) is 0 Å². The van der Waals surface area contributed by atoms with Gasteiger partial charge >= 0.3 is 5.92 Å². The number of rotatable bonds is 11. The van der Waals surface area contributed by atoms with E-state index in [0.717, 1.165) is 6.34 Å². The van der Waals surface area contributed by atoms with Crippen molar-refractivity contribution in [1.29, 1.82) is 0 Å². The Morgan fingerprint density at radius 1 is 1.30 bits per heavy atom. The van der Waals surface area contributed by atoms with Gasteiger partial charge in [-0.1, -0.05) is 41.9 Å². The van der Waals surface area contributed by atoms with Gasteiger partial charge in [0.25, 0.3) is 5.82 Å². The van der Waals surface area contributed by atoms with E-state index in [1.807, 2.05) is 0 Å². The molecule has 0 aliphatic carbocycles. The number of hydroxylamine groups is 1. The molecule has 5 N–H and O–H groups in total. The summed E-state index contributed by atoms with van der Waals surface area (Å²) in [6.07, 6.45) is 0.770. The van der Waals surface area contributed by atoms with Crippen LogP contribution in [0.1, 0.15) is 11.3 Å². The normalized spacial score (nSPS) is 11.4. The quantitative estimate of drug-likeness (QED) is 0.0789. The number of alkyl halides is 2. The Morgan fingerprint density at radius 2 is 2.03 bits per heavy atom. The van der Waals surface area contributed by atoms with Crippen molar-refractivity contribution >= 4 is 29.7 Å². The van der Waals surface area contributed by atoms with Crippen molar-refractivity contribution in [3.63, 3.8) is 0 Å². The number of amides is 1. The highest BCUT2D eigenvalue weighted by Crippen LogP contribution is 2.28. The number of nitrogens with two attached hydrogens (primary N) is 1. The van der Waals surface area contributed by atoms with Crippen molar-refractivity contribution in [3.05, 3.63) is 64.0 Å². The molecule has 0 unspecified atom stereocenters. The van der Waals surface area contributed by atoms with Gasteiger partial charge in [0.1, 0.15) is 12.0 Å². The van der Waals surface area contributed by atoms with Crippen LogP contribution in [0.5, 0.6) is 0 Å². The van der Waals surface area contributed by atoms with Gasteiger partial charge in [-0.25, -0.2) is 4.73 Å². The van der Waals surface area contributed by atoms with Crippen LogP contribution >= 0.6 is 11.6 Å². The van der Waals surface area contributed by atoms with Crippen LogP contribution in [0.4, 0.5) is 14.6 Å². The topological polar surface area (TPSA) is 128 Å². The van der Waals surface area contributed by atoms with Crippen molar-refractivity contribution in [1.82, 2.24) is 10.8 Å². The number of hydrazone groups is 1. The molecule has 0 atom stereocenters. The summed E-state index contributed by atoms with van der Waals surface area (Å²) in [6, 6.07) is 9.87.